The lowest BCUT2D eigenvalue weighted by Crippen LogP contribution is -2.61. The van der Waals surface area contributed by atoms with E-state index in [9.17, 15) is 78.0 Å². The number of carbonyl (C=O) groups excluding carboxylic acids is 16. The molecule has 15 atom stereocenters. The summed E-state index contributed by atoms with van der Waals surface area (Å²) in [6.45, 7) is 2.26. The number of aliphatic carboxylic acids is 3. The van der Waals surface area contributed by atoms with E-state index in [1.54, 1.807) is 92.1 Å². The predicted octanol–water partition coefficient (Wildman–Crippen LogP) is -3.26. The second-order valence-electron chi connectivity index (χ2n) is 33.2. The molecule has 0 bridgehead atoms. The molecule has 44 nitrogen and oxygen atoms in total. The Morgan fingerprint density at radius 3 is 1.59 bits per heavy atom. The molecule has 16 amide bonds. The van der Waals surface area contributed by atoms with Gasteiger partial charge < -0.3 is 130 Å². The number of nitrogens with one attached hydrogen (secondary N) is 12. The van der Waals surface area contributed by atoms with Gasteiger partial charge in [0.2, 0.25) is 94.5 Å². The van der Waals surface area contributed by atoms with Gasteiger partial charge in [-0.05, 0) is 99.4 Å². The number of fused-ring (bicyclic) bond motifs is 4. The second-order valence-corrected chi connectivity index (χ2v) is 34.2. The van der Waals surface area contributed by atoms with Gasteiger partial charge in [-0.25, -0.2) is 0 Å². The van der Waals surface area contributed by atoms with E-state index in [0.717, 1.165) is 24.5 Å². The normalized spacial score (nSPS) is 24.9. The van der Waals surface area contributed by atoms with Gasteiger partial charge in [-0.1, -0.05) is 88.1 Å². The number of aliphatic hydroxyl groups is 1. The molecular weight excluding hydrogens is 1750 g/mol. The maximum absolute atomic E-state index is 15.8. The zero-order chi connectivity index (χ0) is 97.6. The number of rotatable bonds is 27. The Labute approximate surface area is 770 Å². The molecule has 0 saturated carbocycles. The number of aromatic nitrogens is 2. The number of H-pyrrole nitrogens is 2. The Morgan fingerprint density at radius 1 is 0.511 bits per heavy atom. The fourth-order valence-corrected chi connectivity index (χ4v) is 17.0. The summed E-state index contributed by atoms with van der Waals surface area (Å²) in [4.78, 5) is 284. The molecule has 3 aliphatic rings. The summed E-state index contributed by atoms with van der Waals surface area (Å²) in [5.41, 5.74) is 20.4. The minimum Gasteiger partial charge on any atom is -0.497 e. The zero-order valence-electron chi connectivity index (χ0n) is 75.3. The van der Waals surface area contributed by atoms with Gasteiger partial charge in [0, 0.05) is 119 Å². The van der Waals surface area contributed by atoms with Gasteiger partial charge in [-0.3, -0.25) is 91.1 Å². The van der Waals surface area contributed by atoms with Crippen molar-refractivity contribution in [2.24, 2.45) is 17.2 Å². The number of aliphatic hydroxyl groups excluding tert-OH is 1. The number of methoxy groups -OCH3 is 1. The highest BCUT2D eigenvalue weighted by Crippen LogP contribution is 2.28. The van der Waals surface area contributed by atoms with Crippen molar-refractivity contribution in [2.45, 2.75) is 227 Å². The first-order valence-corrected chi connectivity index (χ1v) is 45.2. The first kappa shape index (κ1) is 105. The summed E-state index contributed by atoms with van der Waals surface area (Å²) in [5.74, 6) is -21.5. The Kier molecular flexibility index (Phi) is 39.8. The Hall–Kier alpha value is -13.3. The van der Waals surface area contributed by atoms with E-state index < -0.39 is 273 Å². The van der Waals surface area contributed by atoms with Crippen LogP contribution >= 0.6 is 11.8 Å². The van der Waals surface area contributed by atoms with Gasteiger partial charge >= 0.3 is 17.9 Å². The molecule has 724 valence electrons. The van der Waals surface area contributed by atoms with E-state index in [2.05, 4.69) is 63.1 Å². The van der Waals surface area contributed by atoms with Crippen LogP contribution in [0.1, 0.15) is 134 Å². The fraction of sp³-hybridized carbons (Fsp3) is 0.534. The molecule has 3 aliphatic heterocycles. The largest absolute Gasteiger partial charge is 0.497 e. The van der Waals surface area contributed by atoms with Crippen LogP contribution in [0.5, 0.6) is 5.75 Å². The lowest BCUT2D eigenvalue weighted by molar-refractivity contribution is -0.149. The van der Waals surface area contributed by atoms with Crippen molar-refractivity contribution in [1.29, 1.82) is 0 Å². The number of hydrogen-bond donors (Lipinski definition) is 19. The number of carbonyl (C=O) groups is 19. The van der Waals surface area contributed by atoms with Crippen molar-refractivity contribution in [3.63, 3.8) is 0 Å². The summed E-state index contributed by atoms with van der Waals surface area (Å²) in [5, 5.41) is 68.2. The number of benzene rings is 3. The molecule has 8 rings (SSSR count). The van der Waals surface area contributed by atoms with Gasteiger partial charge in [0.25, 0.3) is 0 Å². The van der Waals surface area contributed by atoms with Crippen LogP contribution in [-0.4, -0.2) is 330 Å². The molecular formula is C88H122N20O24S. The number of nitrogens with zero attached hydrogens (tertiary/aromatic N) is 5. The molecule has 45 heteroatoms. The lowest BCUT2D eigenvalue weighted by atomic mass is 9.99. The van der Waals surface area contributed by atoms with Crippen LogP contribution in [0.4, 0.5) is 0 Å². The van der Waals surface area contributed by atoms with Gasteiger partial charge in [-0.2, -0.15) is 0 Å². The number of hydrogen-bond acceptors (Lipinski definition) is 24. The number of carboxylic acid groups (broad SMARTS) is 3. The van der Waals surface area contributed by atoms with Crippen molar-refractivity contribution >= 4 is 146 Å². The maximum atomic E-state index is 15.8. The van der Waals surface area contributed by atoms with E-state index in [1.165, 1.54) is 35.2 Å². The van der Waals surface area contributed by atoms with Gasteiger partial charge in [-0.15, -0.1) is 11.8 Å². The van der Waals surface area contributed by atoms with Crippen LogP contribution in [0.2, 0.25) is 0 Å². The second kappa shape index (κ2) is 50.4. The van der Waals surface area contributed by atoms with Gasteiger partial charge in [0.15, 0.2) is 0 Å². The Morgan fingerprint density at radius 2 is 1.01 bits per heavy atom. The molecule has 5 heterocycles. The van der Waals surface area contributed by atoms with E-state index >= 15 is 33.6 Å². The molecule has 0 aliphatic carbocycles. The number of carboxylic acids is 3. The highest BCUT2D eigenvalue weighted by molar-refractivity contribution is 8.00. The number of ether oxygens (including phenoxy) is 1. The molecule has 0 spiro atoms. The third-order valence-electron chi connectivity index (χ3n) is 23.6. The number of unbranched alkanes of at least 4 members (excludes halogenated alkanes) is 2. The monoisotopic (exact) mass is 1870 g/mol. The predicted molar refractivity (Wildman–Crippen MR) is 482 cm³/mol. The number of amides is 16. The van der Waals surface area contributed by atoms with Crippen LogP contribution < -0.4 is 75.1 Å². The number of primary amides is 1. The smallest absolute Gasteiger partial charge is 0.305 e. The van der Waals surface area contributed by atoms with E-state index in [4.69, 9.17) is 21.9 Å². The van der Waals surface area contributed by atoms with Crippen molar-refractivity contribution in [3.8, 4) is 5.75 Å². The van der Waals surface area contributed by atoms with Crippen molar-refractivity contribution in [3.05, 3.63) is 102 Å². The first-order chi connectivity index (χ1) is 63.3. The van der Waals surface area contributed by atoms with Crippen molar-refractivity contribution in [2.75, 3.05) is 72.5 Å². The quantitative estimate of drug-likeness (QED) is 0.0245. The molecule has 3 saturated heterocycles. The average molecular weight is 1880 g/mol. The third kappa shape index (κ3) is 29.3. The minimum atomic E-state index is -1.94. The van der Waals surface area contributed by atoms with Gasteiger partial charge in [0.05, 0.1) is 31.9 Å². The van der Waals surface area contributed by atoms with Crippen LogP contribution in [0.3, 0.4) is 0 Å². The number of nitrogens with two attached hydrogens (primary N) is 3. The van der Waals surface area contributed by atoms with E-state index in [0.29, 0.717) is 75.3 Å². The highest BCUT2D eigenvalue weighted by atomic mass is 32.2. The summed E-state index contributed by atoms with van der Waals surface area (Å²) < 4.78 is 5.31. The Bertz CT molecular complexity index is 5030. The van der Waals surface area contributed by atoms with E-state index in [-0.39, 0.29) is 70.9 Å². The van der Waals surface area contributed by atoms with E-state index in [1.807, 2.05) is 6.92 Å². The summed E-state index contributed by atoms with van der Waals surface area (Å²) >= 11 is 0.706. The molecule has 22 N–H and O–H groups in total. The highest BCUT2D eigenvalue weighted by Gasteiger charge is 2.47. The summed E-state index contributed by atoms with van der Waals surface area (Å²) in [6.07, 6.45) is -2.51. The number of thioether (sulfide) groups is 1. The topological polar surface area (TPSA) is 661 Å². The molecule has 2 aromatic heterocycles. The van der Waals surface area contributed by atoms with Gasteiger partial charge in [0.1, 0.15) is 90.3 Å². The van der Waals surface area contributed by atoms with Crippen LogP contribution in [-0.2, 0) is 110 Å². The van der Waals surface area contributed by atoms with Crippen LogP contribution in [0, 0.1) is 0 Å². The zero-order valence-corrected chi connectivity index (χ0v) is 76.1. The fourth-order valence-electron chi connectivity index (χ4n) is 16.1. The van der Waals surface area contributed by atoms with Crippen LogP contribution in [0.25, 0.3) is 21.8 Å². The molecule has 0 radical (unpaired) electrons. The maximum Gasteiger partial charge on any atom is 0.305 e. The average Bonchev–Trinajstić information content (AvgIpc) is 1.68. The number of likely N-dealkylation sites (N-methyl/N-ethyl adjacent to an activating group) is 3. The van der Waals surface area contributed by atoms with Crippen molar-refractivity contribution in [1.82, 2.24) is 87.6 Å². The third-order valence-corrected chi connectivity index (χ3v) is 24.7. The standard InChI is InChI=1S/C88H122N20O24S/c1-8-10-21-66-81(124)97-57(28-30-72(112)113)77(120)103-65(76(119)94-43-70(91)110)45-133-46-71(111)95-61(35-48-24-26-52(132-7)27-25-48)84(127)104(4)47(3)75(118)100-63(39-74(116)117)87(130)107-34-16-23-67(107)82(125)102-64(40-90)80(123)98-59(29-31-73(114)115)86(129)108-44-51(109)38-69(108)83(126)99-60(36-49-41-92-55-19-14-12-17-53(49)55)79(122)96-58(32-33-89)78(121)101-62(37-50-42-93-56-20-15-13-18-54(50)56)85(128)106(6)68(22-11-9-2)88(131)105(66)5/h12-15,17-20,24-27,41-42,47,51,57-69,92-93,109H,8-11,16,21-23,28-40,43-46,89-90H2,1-7H3,(H2,91,110)(H,94,119)(H,95,111)(H,96,122)(H,97,124)(H,98,123)(H,99,126)(H,100,118)(H,101,121)(H,102,125)(H,103,120)(H,112,113)(H,114,115)(H,116,117)/t47-,51+,57-,58-,59-,60-,61-,62-,63+,64-,65-,66-,67-,68-,69-/m0/s1. The molecule has 0 unspecified atom stereocenters. The first-order valence-electron chi connectivity index (χ1n) is 44.1. The summed E-state index contributed by atoms with van der Waals surface area (Å²) in [7, 11) is 5.19. The molecule has 133 heavy (non-hydrogen) atoms. The summed E-state index contributed by atoms with van der Waals surface area (Å²) in [6, 6.07) is -2.89. The van der Waals surface area contributed by atoms with Crippen LogP contribution in [0.15, 0.2) is 85.2 Å². The molecule has 3 fully saturated rings. The molecule has 3 aromatic carbocycles. The SMILES string of the molecule is CCCC[C@H]1C(=O)N(C)[C@@H](CCCC)C(=O)N[C@@H](CCC(=O)O)C(=O)N[C@H](C(=O)NCC(N)=O)CSCC(=O)N[C@@H](Cc2ccc(OC)cc2)C(=O)N(C)[C@@H](C)C(=O)N[C@H](CC(=O)O)C(=O)N2CCC[C@H]2C(=O)N[C@@H](CN)C(=O)N[C@@H](CCC(=O)O)C(=O)N2C[C@H](O)C[C@H]2C(=O)N[C@@H](Cc2c[nH]c3ccccc23)C(=O)N[C@@H](CCN)C(=O)N[C@@H](Cc2c[nH]c3ccccc23)C(=O)N1C. The molecule has 5 aromatic rings. The Balaban J connectivity index is 1.20. The minimum absolute atomic E-state index is 0.0398. The van der Waals surface area contributed by atoms with Crippen molar-refractivity contribution < 1.29 is 116 Å². The lowest BCUT2D eigenvalue weighted by Gasteiger charge is -2.36. The number of aromatic amines is 2. The number of para-hydroxylation sites is 2.